The number of ether oxygens (including phenoxy) is 1. The maximum absolute atomic E-state index is 12.9. The van der Waals surface area contributed by atoms with Crippen LogP contribution in [0.3, 0.4) is 0 Å². The summed E-state index contributed by atoms with van der Waals surface area (Å²) in [5.74, 6) is -0.908. The van der Waals surface area contributed by atoms with Crippen molar-refractivity contribution in [1.29, 1.82) is 0 Å². The largest absolute Gasteiger partial charge is 0.425 e. The lowest BCUT2D eigenvalue weighted by Crippen LogP contribution is -2.23. The number of fused-ring (bicyclic) bond motifs is 2. The maximum Gasteiger partial charge on any atom is 0.315 e. The molecule has 0 N–H and O–H groups in total. The first-order valence-electron chi connectivity index (χ1n) is 8.21. The fourth-order valence-corrected chi connectivity index (χ4v) is 3.12. The highest BCUT2D eigenvalue weighted by Gasteiger charge is 2.32. The molecule has 126 valence electrons. The molecule has 4 rings (SSSR count). The summed E-state index contributed by atoms with van der Waals surface area (Å²) in [4.78, 5) is 37.8. The molecule has 0 saturated carbocycles. The number of rotatable bonds is 3. The van der Waals surface area contributed by atoms with Crippen molar-refractivity contribution in [2.45, 2.75) is 6.42 Å². The predicted molar refractivity (Wildman–Crippen MR) is 95.5 cm³/mol. The molecule has 3 aromatic carbocycles. The Hall–Kier alpha value is -3.53. The van der Waals surface area contributed by atoms with Crippen molar-refractivity contribution in [1.82, 2.24) is 0 Å². The van der Waals surface area contributed by atoms with Gasteiger partial charge in [-0.05, 0) is 11.6 Å². The van der Waals surface area contributed by atoms with E-state index >= 15 is 0 Å². The van der Waals surface area contributed by atoms with Crippen LogP contribution in [-0.2, 0) is 11.2 Å². The molecular formula is C22H14O4. The number of hydrogen-bond donors (Lipinski definition) is 0. The summed E-state index contributed by atoms with van der Waals surface area (Å²) in [6.07, 6.45) is 0.0865. The summed E-state index contributed by atoms with van der Waals surface area (Å²) < 4.78 is 5.44. The average Bonchev–Trinajstić information content (AvgIpc) is 2.67. The van der Waals surface area contributed by atoms with Crippen LogP contribution in [0.4, 0.5) is 0 Å². The van der Waals surface area contributed by atoms with Crippen LogP contribution in [0.1, 0.15) is 37.4 Å². The first-order valence-corrected chi connectivity index (χ1v) is 8.21. The van der Waals surface area contributed by atoms with Crippen LogP contribution in [-0.4, -0.2) is 17.5 Å². The minimum absolute atomic E-state index is 0.0865. The fraction of sp³-hybridized carbons (Fsp3) is 0.0455. The monoisotopic (exact) mass is 342 g/mol. The van der Waals surface area contributed by atoms with Gasteiger partial charge in [0.2, 0.25) is 0 Å². The molecule has 26 heavy (non-hydrogen) atoms. The third kappa shape index (κ3) is 2.71. The summed E-state index contributed by atoms with van der Waals surface area (Å²) in [5, 5.41) is 0. The second-order valence-corrected chi connectivity index (χ2v) is 6.02. The second-order valence-electron chi connectivity index (χ2n) is 6.02. The van der Waals surface area contributed by atoms with Gasteiger partial charge in [0.25, 0.3) is 0 Å². The van der Waals surface area contributed by atoms with Gasteiger partial charge >= 0.3 is 5.97 Å². The number of carbonyl (C=O) groups excluding carboxylic acids is 3. The molecule has 0 saturated heterocycles. The molecule has 0 aliphatic heterocycles. The van der Waals surface area contributed by atoms with E-state index in [0.717, 1.165) is 5.56 Å². The van der Waals surface area contributed by atoms with E-state index in [1.54, 1.807) is 42.5 Å². The van der Waals surface area contributed by atoms with Gasteiger partial charge in [-0.2, -0.15) is 0 Å². The van der Waals surface area contributed by atoms with E-state index in [0.29, 0.717) is 11.1 Å². The van der Waals surface area contributed by atoms with E-state index < -0.39 is 5.97 Å². The van der Waals surface area contributed by atoms with Crippen LogP contribution in [0, 0.1) is 0 Å². The SMILES string of the molecule is O=C(Cc1ccccc1)Oc1cccc2c1C(=O)c1ccccc1C2=O. The molecule has 1 aliphatic rings. The van der Waals surface area contributed by atoms with Crippen LogP contribution < -0.4 is 4.74 Å². The fourth-order valence-electron chi connectivity index (χ4n) is 3.12. The van der Waals surface area contributed by atoms with Gasteiger partial charge in [-0.15, -0.1) is 0 Å². The minimum atomic E-state index is -0.483. The molecule has 3 aromatic rings. The van der Waals surface area contributed by atoms with Gasteiger partial charge in [-0.25, -0.2) is 0 Å². The standard InChI is InChI=1S/C22H14O4/c23-19(13-14-7-2-1-3-8-14)26-18-12-6-11-17-20(18)22(25)16-10-5-4-9-15(16)21(17)24/h1-12H,13H2. The van der Waals surface area contributed by atoms with Crippen molar-refractivity contribution in [2.75, 3.05) is 0 Å². The molecule has 0 spiro atoms. The van der Waals surface area contributed by atoms with Crippen molar-refractivity contribution < 1.29 is 19.1 Å². The van der Waals surface area contributed by atoms with E-state index in [1.165, 1.54) is 0 Å². The Morgan fingerprint density at radius 2 is 1.31 bits per heavy atom. The number of ketones is 2. The molecule has 0 radical (unpaired) electrons. The van der Waals surface area contributed by atoms with Crippen LogP contribution in [0.25, 0.3) is 0 Å². The molecule has 0 unspecified atom stereocenters. The minimum Gasteiger partial charge on any atom is -0.425 e. The zero-order chi connectivity index (χ0) is 18.1. The average molecular weight is 342 g/mol. The van der Waals surface area contributed by atoms with Crippen molar-refractivity contribution in [3.05, 3.63) is 101 Å². The van der Waals surface area contributed by atoms with Crippen LogP contribution >= 0.6 is 0 Å². The van der Waals surface area contributed by atoms with E-state index in [-0.39, 0.29) is 34.9 Å². The first kappa shape index (κ1) is 16.0. The van der Waals surface area contributed by atoms with Crippen LogP contribution in [0.15, 0.2) is 72.8 Å². The molecule has 4 heteroatoms. The molecular weight excluding hydrogens is 328 g/mol. The maximum atomic E-state index is 12.9. The van der Waals surface area contributed by atoms with Crippen molar-refractivity contribution in [3.8, 4) is 5.75 Å². The molecule has 0 amide bonds. The zero-order valence-electron chi connectivity index (χ0n) is 13.8. The van der Waals surface area contributed by atoms with Gasteiger partial charge in [0.05, 0.1) is 12.0 Å². The third-order valence-electron chi connectivity index (χ3n) is 4.33. The normalized spacial score (nSPS) is 12.3. The van der Waals surface area contributed by atoms with Gasteiger partial charge in [0.1, 0.15) is 5.75 Å². The second kappa shape index (κ2) is 6.41. The molecule has 0 aromatic heterocycles. The number of hydrogen-bond acceptors (Lipinski definition) is 4. The highest BCUT2D eigenvalue weighted by atomic mass is 16.5. The third-order valence-corrected chi connectivity index (χ3v) is 4.33. The smallest absolute Gasteiger partial charge is 0.315 e. The molecule has 0 fully saturated rings. The van der Waals surface area contributed by atoms with Gasteiger partial charge in [0.15, 0.2) is 11.6 Å². The van der Waals surface area contributed by atoms with E-state index in [4.69, 9.17) is 4.74 Å². The Labute approximate surface area is 150 Å². The quantitative estimate of drug-likeness (QED) is 0.421. The number of carbonyl (C=O) groups is 3. The molecule has 1 aliphatic carbocycles. The van der Waals surface area contributed by atoms with E-state index in [1.807, 2.05) is 30.3 Å². The van der Waals surface area contributed by atoms with Gasteiger partial charge in [-0.3, -0.25) is 14.4 Å². The topological polar surface area (TPSA) is 60.4 Å². The summed E-state index contributed by atoms with van der Waals surface area (Å²) in [6.45, 7) is 0. The Morgan fingerprint density at radius 1 is 0.692 bits per heavy atom. The Bertz CT molecular complexity index is 1040. The van der Waals surface area contributed by atoms with Crippen LogP contribution in [0.5, 0.6) is 5.75 Å². The highest BCUT2D eigenvalue weighted by Crippen LogP contribution is 2.33. The summed E-state index contributed by atoms with van der Waals surface area (Å²) in [5.41, 5.74) is 1.93. The van der Waals surface area contributed by atoms with Gasteiger partial charge in [-0.1, -0.05) is 66.7 Å². The Balaban J connectivity index is 1.69. The lowest BCUT2D eigenvalue weighted by atomic mass is 9.83. The lowest BCUT2D eigenvalue weighted by Gasteiger charge is -2.19. The highest BCUT2D eigenvalue weighted by molar-refractivity contribution is 6.29. The molecule has 0 bridgehead atoms. The summed E-state index contributed by atoms with van der Waals surface area (Å²) >= 11 is 0. The first-order chi connectivity index (χ1) is 12.6. The predicted octanol–water partition coefficient (Wildman–Crippen LogP) is 3.61. The summed E-state index contributed by atoms with van der Waals surface area (Å²) in [7, 11) is 0. The van der Waals surface area contributed by atoms with Crippen molar-refractivity contribution in [3.63, 3.8) is 0 Å². The van der Waals surface area contributed by atoms with Crippen molar-refractivity contribution >= 4 is 17.5 Å². The van der Waals surface area contributed by atoms with Crippen molar-refractivity contribution in [2.24, 2.45) is 0 Å². The summed E-state index contributed by atoms with van der Waals surface area (Å²) in [6, 6.07) is 20.6. The number of benzene rings is 3. The van der Waals surface area contributed by atoms with Gasteiger partial charge < -0.3 is 4.74 Å². The Kier molecular flexibility index (Phi) is 3.93. The Morgan fingerprint density at radius 3 is 2.04 bits per heavy atom. The number of esters is 1. The molecule has 0 atom stereocenters. The van der Waals surface area contributed by atoms with E-state index in [9.17, 15) is 14.4 Å². The molecule has 4 nitrogen and oxygen atoms in total. The lowest BCUT2D eigenvalue weighted by molar-refractivity contribution is -0.133. The van der Waals surface area contributed by atoms with Crippen LogP contribution in [0.2, 0.25) is 0 Å². The van der Waals surface area contributed by atoms with Gasteiger partial charge in [0, 0.05) is 16.7 Å². The molecule has 0 heterocycles. The van der Waals surface area contributed by atoms with E-state index in [2.05, 4.69) is 0 Å². The zero-order valence-corrected chi connectivity index (χ0v) is 13.8.